The van der Waals surface area contributed by atoms with Gasteiger partial charge in [0.25, 0.3) is 0 Å². The first-order valence-corrected chi connectivity index (χ1v) is 7.81. The quantitative estimate of drug-likeness (QED) is 0.785. The molecule has 3 heterocycles. The van der Waals surface area contributed by atoms with Crippen LogP contribution < -0.4 is 4.90 Å². The lowest BCUT2D eigenvalue weighted by atomic mass is 9.86. The van der Waals surface area contributed by atoms with Gasteiger partial charge in [-0.05, 0) is 26.0 Å². The molecule has 0 saturated carbocycles. The second-order valence-corrected chi connectivity index (χ2v) is 6.46. The number of likely N-dealkylation sites (tertiary alicyclic amines) is 1. The van der Waals surface area contributed by atoms with Crippen molar-refractivity contribution in [3.63, 3.8) is 0 Å². The molecule has 1 amide bonds. The second kappa shape index (κ2) is 5.83. The van der Waals surface area contributed by atoms with Crippen molar-refractivity contribution in [3.05, 3.63) is 24.3 Å². The molecule has 120 valence electrons. The maximum absolute atomic E-state index is 14.1. The Kier molecular flexibility index (Phi) is 4.04. The van der Waals surface area contributed by atoms with Gasteiger partial charge >= 0.3 is 0 Å². The third-order valence-electron chi connectivity index (χ3n) is 5.23. The molecular formula is C16H23FN4O. The van der Waals surface area contributed by atoms with Crippen LogP contribution in [0.15, 0.2) is 18.5 Å². The van der Waals surface area contributed by atoms with Crippen LogP contribution in [-0.4, -0.2) is 66.5 Å². The Morgan fingerprint density at radius 2 is 2.05 bits per heavy atom. The Balaban J connectivity index is 1.85. The molecule has 0 aliphatic carbocycles. The largest absolute Gasteiger partial charge is 0.366 e. The number of aromatic nitrogens is 1. The molecule has 2 aliphatic rings. The normalized spacial score (nSPS) is 27.3. The average Bonchev–Trinajstić information content (AvgIpc) is 2.65. The highest BCUT2D eigenvalue weighted by molar-refractivity contribution is 5.76. The number of pyridine rings is 1. The molecule has 6 heteroatoms. The first-order chi connectivity index (χ1) is 10.5. The molecule has 5 nitrogen and oxygen atoms in total. The zero-order chi connectivity index (χ0) is 15.7. The molecule has 2 aliphatic heterocycles. The molecule has 0 N–H and O–H groups in total. The highest BCUT2D eigenvalue weighted by atomic mass is 19.1. The van der Waals surface area contributed by atoms with E-state index in [1.807, 2.05) is 11.9 Å². The number of halogens is 1. The highest BCUT2D eigenvalue weighted by Gasteiger charge is 2.42. The minimum atomic E-state index is -0.274. The molecule has 2 fully saturated rings. The highest BCUT2D eigenvalue weighted by Crippen LogP contribution is 2.34. The molecule has 0 bridgehead atoms. The fourth-order valence-electron chi connectivity index (χ4n) is 3.59. The van der Waals surface area contributed by atoms with E-state index in [4.69, 9.17) is 0 Å². The van der Waals surface area contributed by atoms with Crippen LogP contribution in [0.5, 0.6) is 0 Å². The van der Waals surface area contributed by atoms with Crippen LogP contribution in [0.3, 0.4) is 0 Å². The summed E-state index contributed by atoms with van der Waals surface area (Å²) < 4.78 is 14.1. The zero-order valence-corrected chi connectivity index (χ0v) is 13.3. The van der Waals surface area contributed by atoms with Crippen LogP contribution in [0.4, 0.5) is 10.1 Å². The lowest BCUT2D eigenvalue weighted by molar-refractivity contribution is -0.129. The Labute approximate surface area is 130 Å². The maximum Gasteiger partial charge on any atom is 0.222 e. The van der Waals surface area contributed by atoms with Crippen LogP contribution >= 0.6 is 0 Å². The van der Waals surface area contributed by atoms with Gasteiger partial charge < -0.3 is 9.80 Å². The Hall–Kier alpha value is -1.69. The summed E-state index contributed by atoms with van der Waals surface area (Å²) in [5.41, 5.74) is 0.556. The molecule has 1 aromatic heterocycles. The number of nitrogens with zero attached hydrogens (tertiary/aromatic N) is 4. The van der Waals surface area contributed by atoms with E-state index in [0.29, 0.717) is 12.1 Å². The number of hydrogen-bond donors (Lipinski definition) is 0. The maximum atomic E-state index is 14.1. The lowest BCUT2D eigenvalue weighted by Gasteiger charge is -2.50. The molecular weight excluding hydrogens is 283 g/mol. The lowest BCUT2D eigenvalue weighted by Crippen LogP contribution is -2.61. The molecule has 0 radical (unpaired) electrons. The predicted molar refractivity (Wildman–Crippen MR) is 83.3 cm³/mol. The number of carbonyl (C=O) groups excluding carboxylic acids is 1. The van der Waals surface area contributed by atoms with Crippen molar-refractivity contribution in [1.29, 1.82) is 0 Å². The minimum absolute atomic E-state index is 0.0611. The van der Waals surface area contributed by atoms with E-state index in [2.05, 4.69) is 21.8 Å². The Morgan fingerprint density at radius 1 is 1.23 bits per heavy atom. The van der Waals surface area contributed by atoms with Gasteiger partial charge in [0.15, 0.2) is 5.82 Å². The number of likely N-dealkylation sites (N-methyl/N-ethyl adjacent to an activating group) is 1. The Morgan fingerprint density at radius 3 is 2.82 bits per heavy atom. The average molecular weight is 306 g/mol. The van der Waals surface area contributed by atoms with Gasteiger partial charge in [-0.2, -0.15) is 0 Å². The molecule has 1 atom stereocenters. The number of hydrogen-bond acceptors (Lipinski definition) is 4. The monoisotopic (exact) mass is 306 g/mol. The first-order valence-electron chi connectivity index (χ1n) is 7.81. The van der Waals surface area contributed by atoms with Crippen LogP contribution in [0.25, 0.3) is 0 Å². The summed E-state index contributed by atoms with van der Waals surface area (Å²) in [5, 5.41) is 0. The summed E-state index contributed by atoms with van der Waals surface area (Å²) in [5.74, 6) is -0.0680. The summed E-state index contributed by atoms with van der Waals surface area (Å²) in [6.07, 6.45) is 5.22. The SMILES string of the molecule is CN1CC[C@]2(CCC1=O)CN(c1ccncc1F)CCN2C. The van der Waals surface area contributed by atoms with E-state index in [1.165, 1.54) is 6.20 Å². The van der Waals surface area contributed by atoms with E-state index in [9.17, 15) is 9.18 Å². The van der Waals surface area contributed by atoms with Crippen LogP contribution in [0, 0.1) is 5.82 Å². The third-order valence-corrected chi connectivity index (χ3v) is 5.23. The molecule has 2 saturated heterocycles. The molecule has 1 aromatic rings. The van der Waals surface area contributed by atoms with Crippen molar-refractivity contribution in [1.82, 2.24) is 14.8 Å². The summed E-state index contributed by atoms with van der Waals surface area (Å²) in [7, 11) is 3.99. The standard InChI is InChI=1S/C16H23FN4O/c1-19-8-6-16(5-3-15(19)22)12-21(10-9-20(16)2)14-4-7-18-11-13(14)17/h4,7,11H,3,5-6,8-10,12H2,1-2H3/t16-/m1/s1. The Bertz CT molecular complexity index is 567. The summed E-state index contributed by atoms with van der Waals surface area (Å²) in [6, 6.07) is 1.74. The van der Waals surface area contributed by atoms with Crippen LogP contribution in [-0.2, 0) is 4.79 Å². The van der Waals surface area contributed by atoms with E-state index in [1.54, 1.807) is 12.3 Å². The number of amides is 1. The zero-order valence-electron chi connectivity index (χ0n) is 13.3. The summed E-state index contributed by atoms with van der Waals surface area (Å²) in [6.45, 7) is 3.18. The third kappa shape index (κ3) is 2.67. The van der Waals surface area contributed by atoms with Gasteiger partial charge in [0.1, 0.15) is 0 Å². The van der Waals surface area contributed by atoms with Gasteiger partial charge in [0.05, 0.1) is 11.9 Å². The first kappa shape index (κ1) is 15.2. The molecule has 1 spiro atoms. The van der Waals surface area contributed by atoms with Gasteiger partial charge in [0, 0.05) is 51.4 Å². The van der Waals surface area contributed by atoms with Crippen LogP contribution in [0.1, 0.15) is 19.3 Å². The topological polar surface area (TPSA) is 39.7 Å². The fourth-order valence-corrected chi connectivity index (χ4v) is 3.59. The number of rotatable bonds is 1. The van der Waals surface area contributed by atoms with Gasteiger partial charge in [-0.3, -0.25) is 14.7 Å². The van der Waals surface area contributed by atoms with Crippen LogP contribution in [0.2, 0.25) is 0 Å². The molecule has 3 rings (SSSR count). The van der Waals surface area contributed by atoms with Crippen molar-refractivity contribution in [2.24, 2.45) is 0 Å². The van der Waals surface area contributed by atoms with Crippen molar-refractivity contribution >= 4 is 11.6 Å². The van der Waals surface area contributed by atoms with Gasteiger partial charge in [-0.1, -0.05) is 0 Å². The fraction of sp³-hybridized carbons (Fsp3) is 0.625. The molecule has 22 heavy (non-hydrogen) atoms. The van der Waals surface area contributed by atoms with E-state index >= 15 is 0 Å². The van der Waals surface area contributed by atoms with Crippen molar-refractivity contribution in [2.45, 2.75) is 24.8 Å². The van der Waals surface area contributed by atoms with Gasteiger partial charge in [0.2, 0.25) is 5.91 Å². The van der Waals surface area contributed by atoms with E-state index in [-0.39, 0.29) is 17.3 Å². The van der Waals surface area contributed by atoms with Gasteiger partial charge in [-0.15, -0.1) is 0 Å². The molecule has 0 unspecified atom stereocenters. The number of carbonyl (C=O) groups is 1. The second-order valence-electron chi connectivity index (χ2n) is 6.46. The predicted octanol–water partition coefficient (Wildman–Crippen LogP) is 1.35. The number of anilines is 1. The van der Waals surface area contributed by atoms with Crippen molar-refractivity contribution in [3.8, 4) is 0 Å². The van der Waals surface area contributed by atoms with Crippen molar-refractivity contribution in [2.75, 3.05) is 45.2 Å². The summed E-state index contributed by atoms with van der Waals surface area (Å²) in [4.78, 5) is 22.1. The number of piperazine rings is 1. The van der Waals surface area contributed by atoms with E-state index in [0.717, 1.165) is 39.0 Å². The smallest absolute Gasteiger partial charge is 0.222 e. The van der Waals surface area contributed by atoms with Gasteiger partial charge in [-0.25, -0.2) is 4.39 Å². The molecule has 0 aromatic carbocycles. The minimum Gasteiger partial charge on any atom is -0.366 e. The summed E-state index contributed by atoms with van der Waals surface area (Å²) >= 11 is 0. The van der Waals surface area contributed by atoms with E-state index < -0.39 is 0 Å². The van der Waals surface area contributed by atoms with Crippen molar-refractivity contribution < 1.29 is 9.18 Å².